The van der Waals surface area contributed by atoms with E-state index in [4.69, 9.17) is 0 Å². The van der Waals surface area contributed by atoms with Crippen LogP contribution in [0.3, 0.4) is 0 Å². The van der Waals surface area contributed by atoms with E-state index in [0.717, 1.165) is 44.2 Å². The van der Waals surface area contributed by atoms with E-state index >= 15 is 0 Å². The van der Waals surface area contributed by atoms with Crippen LogP contribution in [-0.2, 0) is 11.2 Å². The summed E-state index contributed by atoms with van der Waals surface area (Å²) in [4.78, 5) is 0. The predicted octanol–water partition coefficient (Wildman–Crippen LogP) is 9.06. The van der Waals surface area contributed by atoms with E-state index in [1.165, 1.54) is 0 Å². The topological polar surface area (TPSA) is 40.5 Å². The SMILES string of the molecule is O[C@]1(c2ccccc2)c2ccccc2[C@](O)(c2ccccc2)c2c1c(-c1ccccc1)c1ccccc1c2-c1ccccc1. The third kappa shape index (κ3) is 3.69. The Morgan fingerprint density at radius 1 is 0.318 bits per heavy atom. The molecule has 1 aliphatic rings. The van der Waals surface area contributed by atoms with Crippen LogP contribution in [0.4, 0.5) is 0 Å². The van der Waals surface area contributed by atoms with Gasteiger partial charge in [0, 0.05) is 11.1 Å². The summed E-state index contributed by atoms with van der Waals surface area (Å²) in [7, 11) is 0. The van der Waals surface area contributed by atoms with Crippen molar-refractivity contribution < 1.29 is 10.2 Å². The van der Waals surface area contributed by atoms with Gasteiger partial charge in [-0.3, -0.25) is 0 Å². The fourth-order valence-electron chi connectivity index (χ4n) is 7.31. The van der Waals surface area contributed by atoms with Crippen LogP contribution in [0.15, 0.2) is 170 Å². The van der Waals surface area contributed by atoms with Gasteiger partial charge in [-0.25, -0.2) is 0 Å². The monoisotopic (exact) mass is 566 g/mol. The summed E-state index contributed by atoms with van der Waals surface area (Å²) in [6, 6.07) is 56.5. The molecule has 0 unspecified atom stereocenters. The molecule has 1 aliphatic carbocycles. The molecule has 2 N–H and O–H groups in total. The zero-order valence-electron chi connectivity index (χ0n) is 24.1. The molecular formula is C42H30O2. The third-order valence-corrected chi connectivity index (χ3v) is 9.15. The van der Waals surface area contributed by atoms with Gasteiger partial charge in [0.1, 0.15) is 11.2 Å². The molecule has 0 aliphatic heterocycles. The molecule has 2 nitrogen and oxygen atoms in total. The molecule has 0 saturated heterocycles. The minimum Gasteiger partial charge on any atom is -0.376 e. The van der Waals surface area contributed by atoms with Gasteiger partial charge in [-0.2, -0.15) is 0 Å². The smallest absolute Gasteiger partial charge is 0.142 e. The summed E-state index contributed by atoms with van der Waals surface area (Å²) >= 11 is 0. The molecule has 0 bridgehead atoms. The third-order valence-electron chi connectivity index (χ3n) is 9.15. The number of rotatable bonds is 4. The Labute approximate surface area is 257 Å². The molecule has 0 spiro atoms. The first kappa shape index (κ1) is 26.4. The highest BCUT2D eigenvalue weighted by Crippen LogP contribution is 2.59. The summed E-state index contributed by atoms with van der Waals surface area (Å²) in [5, 5.41) is 29.2. The van der Waals surface area contributed by atoms with Crippen molar-refractivity contribution >= 4 is 10.8 Å². The van der Waals surface area contributed by atoms with Gasteiger partial charge in [0.2, 0.25) is 0 Å². The summed E-state index contributed by atoms with van der Waals surface area (Å²) in [5.41, 5.74) is 4.82. The fourth-order valence-corrected chi connectivity index (χ4v) is 7.31. The molecule has 0 aromatic heterocycles. The molecule has 0 amide bonds. The highest BCUT2D eigenvalue weighted by molar-refractivity contribution is 6.09. The van der Waals surface area contributed by atoms with E-state index in [-0.39, 0.29) is 0 Å². The zero-order chi connectivity index (χ0) is 29.7. The second-order valence-corrected chi connectivity index (χ2v) is 11.5. The maximum absolute atomic E-state index is 13.6. The molecule has 2 atom stereocenters. The summed E-state index contributed by atoms with van der Waals surface area (Å²) < 4.78 is 0. The lowest BCUT2D eigenvalue weighted by molar-refractivity contribution is 0.0759. The Bertz CT molecular complexity index is 1970. The van der Waals surface area contributed by atoms with Crippen molar-refractivity contribution in [3.8, 4) is 22.3 Å². The Balaban J connectivity index is 1.71. The minimum atomic E-state index is -1.58. The normalized spacial score (nSPS) is 18.9. The van der Waals surface area contributed by atoms with Crippen LogP contribution in [-0.4, -0.2) is 10.2 Å². The van der Waals surface area contributed by atoms with E-state index in [2.05, 4.69) is 48.5 Å². The highest BCUT2D eigenvalue weighted by Gasteiger charge is 2.53. The van der Waals surface area contributed by atoms with E-state index in [9.17, 15) is 10.2 Å². The molecule has 2 heteroatoms. The molecular weight excluding hydrogens is 536 g/mol. The first-order chi connectivity index (χ1) is 21.6. The van der Waals surface area contributed by atoms with Gasteiger partial charge < -0.3 is 10.2 Å². The van der Waals surface area contributed by atoms with Crippen LogP contribution < -0.4 is 0 Å². The van der Waals surface area contributed by atoms with Crippen molar-refractivity contribution in [3.05, 3.63) is 203 Å². The molecule has 8 rings (SSSR count). The second kappa shape index (κ2) is 10.2. The maximum Gasteiger partial charge on any atom is 0.142 e. The molecule has 210 valence electrons. The largest absolute Gasteiger partial charge is 0.376 e. The van der Waals surface area contributed by atoms with Crippen LogP contribution >= 0.6 is 0 Å². The molecule has 0 saturated carbocycles. The summed E-state index contributed by atoms with van der Waals surface area (Å²) in [6.45, 7) is 0. The maximum atomic E-state index is 13.6. The van der Waals surface area contributed by atoms with Gasteiger partial charge in [-0.15, -0.1) is 0 Å². The first-order valence-corrected chi connectivity index (χ1v) is 15.0. The predicted molar refractivity (Wildman–Crippen MR) is 178 cm³/mol. The average Bonchev–Trinajstić information content (AvgIpc) is 3.11. The van der Waals surface area contributed by atoms with E-state index in [1.807, 2.05) is 121 Å². The average molecular weight is 567 g/mol. The number of fused-ring (bicyclic) bond motifs is 3. The Morgan fingerprint density at radius 3 is 0.977 bits per heavy atom. The van der Waals surface area contributed by atoms with Crippen molar-refractivity contribution in [2.75, 3.05) is 0 Å². The van der Waals surface area contributed by atoms with Crippen molar-refractivity contribution in [2.24, 2.45) is 0 Å². The van der Waals surface area contributed by atoms with Gasteiger partial charge in [-0.1, -0.05) is 170 Å². The molecule has 0 fully saturated rings. The standard InChI is InChI=1S/C42H30O2/c43-41(31-21-9-3-10-22-31)35-27-15-16-28-36(35)42(44,32-23-11-4-12-24-32)40-38(30-19-7-2-8-20-30)34-26-14-13-25-33(34)37(39(40)41)29-17-5-1-6-18-29/h1-28,43-44H/t41-,42-/m1/s1. The quantitative estimate of drug-likeness (QED) is 0.223. The van der Waals surface area contributed by atoms with Crippen LogP contribution in [0.25, 0.3) is 33.0 Å². The van der Waals surface area contributed by atoms with Crippen molar-refractivity contribution in [2.45, 2.75) is 11.2 Å². The fraction of sp³-hybridized carbons (Fsp3) is 0.0476. The van der Waals surface area contributed by atoms with Gasteiger partial charge in [0.15, 0.2) is 0 Å². The zero-order valence-corrected chi connectivity index (χ0v) is 24.1. The molecule has 0 radical (unpaired) electrons. The van der Waals surface area contributed by atoms with Gasteiger partial charge in [0.25, 0.3) is 0 Å². The van der Waals surface area contributed by atoms with Crippen LogP contribution in [0, 0.1) is 0 Å². The Morgan fingerprint density at radius 2 is 0.614 bits per heavy atom. The number of hydrogen-bond donors (Lipinski definition) is 2. The van der Waals surface area contributed by atoms with Crippen molar-refractivity contribution in [1.29, 1.82) is 0 Å². The summed E-state index contributed by atoms with van der Waals surface area (Å²) in [5.74, 6) is 0. The van der Waals surface area contributed by atoms with E-state index in [1.54, 1.807) is 0 Å². The van der Waals surface area contributed by atoms with Crippen LogP contribution in [0.1, 0.15) is 33.4 Å². The van der Waals surface area contributed by atoms with Crippen molar-refractivity contribution in [3.63, 3.8) is 0 Å². The van der Waals surface area contributed by atoms with Crippen LogP contribution in [0.5, 0.6) is 0 Å². The number of aliphatic hydroxyl groups is 2. The molecule has 44 heavy (non-hydrogen) atoms. The van der Waals surface area contributed by atoms with Gasteiger partial charge >= 0.3 is 0 Å². The van der Waals surface area contributed by atoms with Crippen molar-refractivity contribution in [1.82, 2.24) is 0 Å². The Kier molecular flexibility index (Phi) is 6.09. The first-order valence-electron chi connectivity index (χ1n) is 15.0. The van der Waals surface area contributed by atoms with Crippen LogP contribution in [0.2, 0.25) is 0 Å². The number of benzene rings is 7. The van der Waals surface area contributed by atoms with E-state index < -0.39 is 11.2 Å². The molecule has 7 aromatic rings. The van der Waals surface area contributed by atoms with Gasteiger partial charge in [-0.05, 0) is 55.3 Å². The lowest BCUT2D eigenvalue weighted by Gasteiger charge is -2.47. The second-order valence-electron chi connectivity index (χ2n) is 11.5. The molecule has 7 aromatic carbocycles. The molecule has 0 heterocycles. The lowest BCUT2D eigenvalue weighted by Crippen LogP contribution is -2.45. The minimum absolute atomic E-state index is 0.663. The highest BCUT2D eigenvalue weighted by atomic mass is 16.3. The van der Waals surface area contributed by atoms with Gasteiger partial charge in [0.05, 0.1) is 0 Å². The summed E-state index contributed by atoms with van der Waals surface area (Å²) in [6.07, 6.45) is 0. The van der Waals surface area contributed by atoms with E-state index in [0.29, 0.717) is 22.3 Å². The number of hydrogen-bond acceptors (Lipinski definition) is 2. The lowest BCUT2D eigenvalue weighted by atomic mass is 9.59. The Hall–Kier alpha value is -5.28.